The van der Waals surface area contributed by atoms with Crippen LogP contribution in [-0.4, -0.2) is 29.6 Å². The minimum Gasteiger partial charge on any atom is -0.459 e. The lowest BCUT2D eigenvalue weighted by Crippen LogP contribution is -2.44. The minimum atomic E-state index is -0.956. The van der Waals surface area contributed by atoms with Gasteiger partial charge in [-0.1, -0.05) is 6.08 Å². The highest BCUT2D eigenvalue weighted by atomic mass is 16.6. The second kappa shape index (κ2) is 6.04. The van der Waals surface area contributed by atoms with E-state index in [-0.39, 0.29) is 12.3 Å². The SMILES string of the molecule is CCOC(=O)C(=O)NC1C=Cc2cc([N+](=O)[O-])ccc2N1. The molecule has 0 bridgehead atoms. The first kappa shape index (κ1) is 14.5. The molecule has 2 rings (SSSR count). The van der Waals surface area contributed by atoms with E-state index in [0.29, 0.717) is 11.3 Å². The topological polar surface area (TPSA) is 111 Å². The average molecular weight is 291 g/mol. The van der Waals surface area contributed by atoms with Crippen LogP contribution in [0.4, 0.5) is 11.4 Å². The lowest BCUT2D eigenvalue weighted by molar-refractivity contribution is -0.384. The van der Waals surface area contributed by atoms with Crippen LogP contribution in [0.15, 0.2) is 24.3 Å². The third kappa shape index (κ3) is 3.35. The first-order valence-electron chi connectivity index (χ1n) is 6.22. The van der Waals surface area contributed by atoms with E-state index in [4.69, 9.17) is 0 Å². The standard InChI is InChI=1S/C13H13N3O5/c1-2-21-13(18)12(17)15-11-6-3-8-7-9(16(19)20)4-5-10(8)14-11/h3-7,11,14H,2H2,1H3,(H,15,17). The molecular formula is C13H13N3O5. The molecule has 1 aliphatic rings. The van der Waals surface area contributed by atoms with E-state index >= 15 is 0 Å². The molecule has 0 spiro atoms. The molecule has 1 heterocycles. The summed E-state index contributed by atoms with van der Waals surface area (Å²) in [5, 5.41) is 16.1. The number of rotatable bonds is 3. The van der Waals surface area contributed by atoms with Crippen LogP contribution in [0.1, 0.15) is 12.5 Å². The molecule has 1 atom stereocenters. The molecule has 8 nitrogen and oxygen atoms in total. The van der Waals surface area contributed by atoms with Crippen molar-refractivity contribution in [3.8, 4) is 0 Å². The predicted molar refractivity (Wildman–Crippen MR) is 74.3 cm³/mol. The molecule has 8 heteroatoms. The average Bonchev–Trinajstić information content (AvgIpc) is 2.46. The summed E-state index contributed by atoms with van der Waals surface area (Å²) in [5.41, 5.74) is 1.23. The Morgan fingerprint density at radius 3 is 2.90 bits per heavy atom. The zero-order valence-corrected chi connectivity index (χ0v) is 11.2. The number of hydrogen-bond donors (Lipinski definition) is 2. The van der Waals surface area contributed by atoms with Crippen LogP contribution in [-0.2, 0) is 14.3 Å². The van der Waals surface area contributed by atoms with Crippen LogP contribution >= 0.6 is 0 Å². The van der Waals surface area contributed by atoms with E-state index in [2.05, 4.69) is 15.4 Å². The van der Waals surface area contributed by atoms with Crippen LogP contribution in [0.2, 0.25) is 0 Å². The summed E-state index contributed by atoms with van der Waals surface area (Å²) >= 11 is 0. The Hall–Kier alpha value is -2.90. The highest BCUT2D eigenvalue weighted by Crippen LogP contribution is 2.26. The smallest absolute Gasteiger partial charge is 0.396 e. The Morgan fingerprint density at radius 2 is 2.24 bits per heavy atom. The van der Waals surface area contributed by atoms with Gasteiger partial charge in [0.2, 0.25) is 0 Å². The van der Waals surface area contributed by atoms with Gasteiger partial charge >= 0.3 is 11.9 Å². The summed E-state index contributed by atoms with van der Waals surface area (Å²) in [6, 6.07) is 4.32. The van der Waals surface area contributed by atoms with Crippen molar-refractivity contribution in [1.29, 1.82) is 0 Å². The second-order valence-electron chi connectivity index (χ2n) is 4.20. The van der Waals surface area contributed by atoms with E-state index in [9.17, 15) is 19.7 Å². The van der Waals surface area contributed by atoms with Gasteiger partial charge in [-0.05, 0) is 19.1 Å². The monoisotopic (exact) mass is 291 g/mol. The minimum absolute atomic E-state index is 0.0193. The van der Waals surface area contributed by atoms with Gasteiger partial charge in [0.05, 0.1) is 11.5 Å². The van der Waals surface area contributed by atoms with E-state index in [0.717, 1.165) is 0 Å². The lowest BCUT2D eigenvalue weighted by atomic mass is 10.1. The Labute approximate surface area is 119 Å². The highest BCUT2D eigenvalue weighted by Gasteiger charge is 2.21. The molecule has 1 unspecified atom stereocenters. The van der Waals surface area contributed by atoms with E-state index in [1.54, 1.807) is 25.1 Å². The third-order valence-corrected chi connectivity index (χ3v) is 2.77. The lowest BCUT2D eigenvalue weighted by Gasteiger charge is -2.22. The molecular weight excluding hydrogens is 278 g/mol. The number of carbonyl (C=O) groups excluding carboxylic acids is 2. The summed E-state index contributed by atoms with van der Waals surface area (Å²) in [7, 11) is 0. The maximum absolute atomic E-state index is 11.5. The van der Waals surface area contributed by atoms with E-state index in [1.807, 2.05) is 0 Å². The Kier molecular flexibility index (Phi) is 4.17. The van der Waals surface area contributed by atoms with E-state index < -0.39 is 23.0 Å². The Morgan fingerprint density at radius 1 is 1.48 bits per heavy atom. The summed E-state index contributed by atoms with van der Waals surface area (Å²) in [5.74, 6) is -1.81. The molecule has 0 aromatic heterocycles. The van der Waals surface area contributed by atoms with Crippen molar-refractivity contribution in [2.24, 2.45) is 0 Å². The van der Waals surface area contributed by atoms with Crippen molar-refractivity contribution in [3.05, 3.63) is 40.0 Å². The largest absolute Gasteiger partial charge is 0.459 e. The number of amides is 1. The summed E-state index contributed by atoms with van der Waals surface area (Å²) in [6.45, 7) is 1.72. The Balaban J connectivity index is 2.06. The van der Waals surface area contributed by atoms with Gasteiger partial charge in [0.15, 0.2) is 0 Å². The molecule has 0 saturated heterocycles. The van der Waals surface area contributed by atoms with Crippen molar-refractivity contribution in [2.75, 3.05) is 11.9 Å². The van der Waals surface area contributed by atoms with Crippen molar-refractivity contribution in [3.63, 3.8) is 0 Å². The van der Waals surface area contributed by atoms with Gasteiger partial charge in [-0.3, -0.25) is 14.9 Å². The molecule has 1 aromatic carbocycles. The summed E-state index contributed by atoms with van der Waals surface area (Å²) < 4.78 is 4.58. The van der Waals surface area contributed by atoms with Crippen molar-refractivity contribution in [2.45, 2.75) is 13.1 Å². The molecule has 1 aliphatic heterocycles. The van der Waals surface area contributed by atoms with Gasteiger partial charge in [0.25, 0.3) is 5.69 Å². The van der Waals surface area contributed by atoms with E-state index in [1.165, 1.54) is 12.1 Å². The number of benzene rings is 1. The first-order chi connectivity index (χ1) is 10.0. The number of carbonyl (C=O) groups is 2. The molecule has 0 aliphatic carbocycles. The highest BCUT2D eigenvalue weighted by molar-refractivity contribution is 6.32. The van der Waals surface area contributed by atoms with Gasteiger partial charge in [0.1, 0.15) is 6.17 Å². The normalized spacial score (nSPS) is 15.6. The number of nitro groups is 1. The number of nitro benzene ring substituents is 1. The van der Waals surface area contributed by atoms with Crippen molar-refractivity contribution in [1.82, 2.24) is 5.32 Å². The number of nitrogens with zero attached hydrogens (tertiary/aromatic N) is 1. The molecule has 21 heavy (non-hydrogen) atoms. The molecule has 2 N–H and O–H groups in total. The zero-order chi connectivity index (χ0) is 15.4. The third-order valence-electron chi connectivity index (χ3n) is 2.77. The van der Waals surface area contributed by atoms with Gasteiger partial charge in [0, 0.05) is 23.4 Å². The number of nitrogens with one attached hydrogen (secondary N) is 2. The number of hydrogen-bond acceptors (Lipinski definition) is 6. The van der Waals surface area contributed by atoms with Crippen LogP contribution in [0.25, 0.3) is 6.08 Å². The Bertz CT molecular complexity index is 626. The second-order valence-corrected chi connectivity index (χ2v) is 4.20. The molecule has 1 aromatic rings. The maximum Gasteiger partial charge on any atom is 0.396 e. The quantitative estimate of drug-likeness (QED) is 0.372. The first-order valence-corrected chi connectivity index (χ1v) is 6.22. The fourth-order valence-electron chi connectivity index (χ4n) is 1.83. The zero-order valence-electron chi connectivity index (χ0n) is 11.2. The van der Waals surface area contributed by atoms with Gasteiger partial charge in [-0.15, -0.1) is 0 Å². The molecule has 1 amide bonds. The van der Waals surface area contributed by atoms with Gasteiger partial charge in [-0.2, -0.15) is 0 Å². The van der Waals surface area contributed by atoms with Gasteiger partial charge in [-0.25, -0.2) is 4.79 Å². The number of ether oxygens (including phenoxy) is 1. The number of anilines is 1. The van der Waals surface area contributed by atoms with Crippen LogP contribution in [0, 0.1) is 10.1 Å². The predicted octanol–water partition coefficient (Wildman–Crippen LogP) is 1.04. The molecule has 110 valence electrons. The number of esters is 1. The number of non-ortho nitro benzene ring substituents is 1. The van der Waals surface area contributed by atoms with Crippen LogP contribution in [0.3, 0.4) is 0 Å². The summed E-state index contributed by atoms with van der Waals surface area (Å²) in [6.07, 6.45) is 2.63. The van der Waals surface area contributed by atoms with Crippen LogP contribution < -0.4 is 10.6 Å². The van der Waals surface area contributed by atoms with Crippen molar-refractivity contribution >= 4 is 29.3 Å². The summed E-state index contributed by atoms with van der Waals surface area (Å²) in [4.78, 5) is 32.9. The van der Waals surface area contributed by atoms with Crippen LogP contribution in [0.5, 0.6) is 0 Å². The molecule has 0 fully saturated rings. The number of fused-ring (bicyclic) bond motifs is 1. The van der Waals surface area contributed by atoms with Gasteiger partial charge < -0.3 is 15.4 Å². The van der Waals surface area contributed by atoms with Crippen molar-refractivity contribution < 1.29 is 19.2 Å². The fourth-order valence-corrected chi connectivity index (χ4v) is 1.83. The maximum atomic E-state index is 11.5. The fraction of sp³-hybridized carbons (Fsp3) is 0.231. The molecule has 0 saturated carbocycles. The molecule has 0 radical (unpaired) electrons.